The fourth-order valence-electron chi connectivity index (χ4n) is 2.09. The zero-order valence-electron chi connectivity index (χ0n) is 13.2. The van der Waals surface area contributed by atoms with E-state index in [-0.39, 0.29) is 19.8 Å². The van der Waals surface area contributed by atoms with Crippen LogP contribution >= 0.6 is 0 Å². The van der Waals surface area contributed by atoms with Crippen molar-refractivity contribution in [2.45, 2.75) is 44.1 Å². The van der Waals surface area contributed by atoms with Gasteiger partial charge in [-0.05, 0) is 12.0 Å². The molecule has 1 rings (SSSR count). The standard InChI is InChI=1S/C13H25N3O7/c1-2-9-10(17)11(18)12(19)13(23-9)22-8-7-21-6-5-20-4-3-15-16-14/h9-13,17-19H,2-8H2,1H3/t9?,10-,11+,12?,13+/m1/s1. The third-order valence-electron chi connectivity index (χ3n) is 3.35. The maximum Gasteiger partial charge on any atom is 0.186 e. The number of aliphatic hydroxyl groups is 3. The summed E-state index contributed by atoms with van der Waals surface area (Å²) in [5.74, 6) is 0. The molecule has 1 fully saturated rings. The predicted molar refractivity (Wildman–Crippen MR) is 78.6 cm³/mol. The lowest BCUT2D eigenvalue weighted by molar-refractivity contribution is -0.298. The van der Waals surface area contributed by atoms with Crippen LogP contribution in [0.2, 0.25) is 0 Å². The van der Waals surface area contributed by atoms with E-state index in [9.17, 15) is 15.3 Å². The second-order valence-electron chi connectivity index (χ2n) is 4.97. The summed E-state index contributed by atoms with van der Waals surface area (Å²) in [6.45, 7) is 3.58. The van der Waals surface area contributed by atoms with Crippen LogP contribution in [0, 0.1) is 0 Å². The zero-order chi connectivity index (χ0) is 17.1. The van der Waals surface area contributed by atoms with Crippen LogP contribution in [0.3, 0.4) is 0 Å². The number of hydrogen-bond donors (Lipinski definition) is 3. The van der Waals surface area contributed by atoms with E-state index >= 15 is 0 Å². The summed E-state index contributed by atoms with van der Waals surface area (Å²) in [4.78, 5) is 2.60. The Morgan fingerprint density at radius 1 is 1.00 bits per heavy atom. The van der Waals surface area contributed by atoms with Gasteiger partial charge in [-0.15, -0.1) is 0 Å². The van der Waals surface area contributed by atoms with Crippen molar-refractivity contribution in [1.29, 1.82) is 0 Å². The van der Waals surface area contributed by atoms with E-state index in [1.54, 1.807) is 6.92 Å². The van der Waals surface area contributed by atoms with Gasteiger partial charge in [-0.3, -0.25) is 0 Å². The van der Waals surface area contributed by atoms with Crippen molar-refractivity contribution >= 4 is 0 Å². The van der Waals surface area contributed by atoms with Crippen LogP contribution < -0.4 is 0 Å². The Labute approximate surface area is 134 Å². The minimum Gasteiger partial charge on any atom is -0.388 e. The molecule has 3 N–H and O–H groups in total. The van der Waals surface area contributed by atoms with E-state index < -0.39 is 30.7 Å². The molecule has 0 aromatic carbocycles. The molecule has 0 spiro atoms. The van der Waals surface area contributed by atoms with Crippen molar-refractivity contribution in [2.24, 2.45) is 5.11 Å². The van der Waals surface area contributed by atoms with Crippen molar-refractivity contribution in [3.05, 3.63) is 10.4 Å². The smallest absolute Gasteiger partial charge is 0.186 e. The van der Waals surface area contributed by atoms with Gasteiger partial charge in [-0.25, -0.2) is 0 Å². The fraction of sp³-hybridized carbons (Fsp3) is 1.00. The van der Waals surface area contributed by atoms with Crippen molar-refractivity contribution in [1.82, 2.24) is 0 Å². The lowest BCUT2D eigenvalue weighted by Crippen LogP contribution is -2.58. The molecule has 1 aliphatic heterocycles. The van der Waals surface area contributed by atoms with E-state index in [2.05, 4.69) is 10.0 Å². The Morgan fingerprint density at radius 3 is 2.30 bits per heavy atom. The second-order valence-corrected chi connectivity index (χ2v) is 4.97. The van der Waals surface area contributed by atoms with Crippen LogP contribution in [-0.4, -0.2) is 85.6 Å². The Balaban J connectivity index is 2.09. The number of hydrogen-bond acceptors (Lipinski definition) is 8. The normalized spacial score (nSPS) is 30.9. The molecule has 0 aromatic heterocycles. The maximum atomic E-state index is 9.81. The van der Waals surface area contributed by atoms with Crippen LogP contribution in [0.25, 0.3) is 10.4 Å². The van der Waals surface area contributed by atoms with Gasteiger partial charge in [0.15, 0.2) is 6.29 Å². The van der Waals surface area contributed by atoms with Crippen LogP contribution in [0.15, 0.2) is 5.11 Å². The zero-order valence-corrected chi connectivity index (χ0v) is 13.2. The molecule has 0 bridgehead atoms. The molecule has 23 heavy (non-hydrogen) atoms. The summed E-state index contributed by atoms with van der Waals surface area (Å²) >= 11 is 0. The predicted octanol–water partition coefficient (Wildman–Crippen LogP) is -0.436. The first-order valence-corrected chi connectivity index (χ1v) is 7.59. The average Bonchev–Trinajstić information content (AvgIpc) is 2.56. The van der Waals surface area contributed by atoms with E-state index in [0.29, 0.717) is 26.2 Å². The second kappa shape index (κ2) is 11.5. The Hall–Kier alpha value is -0.970. The fourth-order valence-corrected chi connectivity index (χ4v) is 2.09. The largest absolute Gasteiger partial charge is 0.388 e. The lowest BCUT2D eigenvalue weighted by atomic mass is 9.97. The molecule has 0 radical (unpaired) electrons. The highest BCUT2D eigenvalue weighted by Crippen LogP contribution is 2.23. The third kappa shape index (κ3) is 6.98. The van der Waals surface area contributed by atoms with Gasteiger partial charge in [0.1, 0.15) is 18.3 Å². The minimum atomic E-state index is -1.31. The van der Waals surface area contributed by atoms with E-state index in [0.717, 1.165) is 0 Å². The maximum absolute atomic E-state index is 9.81. The van der Waals surface area contributed by atoms with Crippen LogP contribution in [0.1, 0.15) is 13.3 Å². The van der Waals surface area contributed by atoms with Crippen molar-refractivity contribution in [2.75, 3.05) is 39.6 Å². The van der Waals surface area contributed by atoms with Crippen molar-refractivity contribution in [3.63, 3.8) is 0 Å². The van der Waals surface area contributed by atoms with Gasteiger partial charge in [-0.1, -0.05) is 12.0 Å². The molecule has 0 saturated carbocycles. The first-order chi connectivity index (χ1) is 11.1. The Bertz CT molecular complexity index is 365. The number of aliphatic hydroxyl groups excluding tert-OH is 3. The number of nitrogens with zero attached hydrogens (tertiary/aromatic N) is 3. The molecule has 5 atom stereocenters. The van der Waals surface area contributed by atoms with Crippen LogP contribution in [-0.2, 0) is 18.9 Å². The molecular formula is C13H25N3O7. The summed E-state index contributed by atoms with van der Waals surface area (Å²) in [6, 6.07) is 0. The summed E-state index contributed by atoms with van der Waals surface area (Å²) in [6.07, 6.45) is -4.82. The highest BCUT2D eigenvalue weighted by Gasteiger charge is 2.43. The van der Waals surface area contributed by atoms with Gasteiger partial charge in [0, 0.05) is 11.5 Å². The van der Waals surface area contributed by atoms with Gasteiger partial charge in [-0.2, -0.15) is 0 Å². The molecule has 134 valence electrons. The lowest BCUT2D eigenvalue weighted by Gasteiger charge is -2.40. The first kappa shape index (κ1) is 20.1. The van der Waals surface area contributed by atoms with E-state index in [4.69, 9.17) is 24.5 Å². The Kier molecular flexibility index (Phi) is 10.1. The van der Waals surface area contributed by atoms with Crippen molar-refractivity contribution in [3.8, 4) is 0 Å². The number of azide groups is 1. The molecule has 10 heteroatoms. The van der Waals surface area contributed by atoms with Crippen molar-refractivity contribution < 1.29 is 34.3 Å². The van der Waals surface area contributed by atoms with Crippen LogP contribution in [0.4, 0.5) is 0 Å². The highest BCUT2D eigenvalue weighted by molar-refractivity contribution is 4.88. The van der Waals surface area contributed by atoms with Gasteiger partial charge >= 0.3 is 0 Å². The monoisotopic (exact) mass is 335 g/mol. The molecule has 0 aromatic rings. The number of rotatable bonds is 11. The first-order valence-electron chi connectivity index (χ1n) is 7.59. The minimum absolute atomic E-state index is 0.166. The SMILES string of the molecule is CCC1O[C@H](OCCOCCOCCN=[N+]=[N-])C(O)[C@@H](O)[C@@H]1O. The summed E-state index contributed by atoms with van der Waals surface area (Å²) in [7, 11) is 0. The molecule has 1 saturated heterocycles. The third-order valence-corrected chi connectivity index (χ3v) is 3.35. The molecule has 0 aliphatic carbocycles. The van der Waals surface area contributed by atoms with Gasteiger partial charge in [0.2, 0.25) is 0 Å². The highest BCUT2D eigenvalue weighted by atomic mass is 16.7. The molecular weight excluding hydrogens is 310 g/mol. The molecule has 1 heterocycles. The van der Waals surface area contributed by atoms with Gasteiger partial charge in [0.05, 0.1) is 39.1 Å². The molecule has 0 amide bonds. The molecule has 2 unspecified atom stereocenters. The Morgan fingerprint density at radius 2 is 1.65 bits per heavy atom. The quantitative estimate of drug-likeness (QED) is 0.201. The van der Waals surface area contributed by atoms with Crippen LogP contribution in [0.5, 0.6) is 0 Å². The molecule has 1 aliphatic rings. The molecule has 10 nitrogen and oxygen atoms in total. The van der Waals surface area contributed by atoms with Gasteiger partial charge < -0.3 is 34.3 Å². The summed E-state index contributed by atoms with van der Waals surface area (Å²) < 4.78 is 21.2. The summed E-state index contributed by atoms with van der Waals surface area (Å²) in [5.41, 5.74) is 8.06. The van der Waals surface area contributed by atoms with E-state index in [1.165, 1.54) is 0 Å². The van der Waals surface area contributed by atoms with E-state index in [1.807, 2.05) is 0 Å². The van der Waals surface area contributed by atoms with Gasteiger partial charge in [0.25, 0.3) is 0 Å². The number of ether oxygens (including phenoxy) is 4. The summed E-state index contributed by atoms with van der Waals surface area (Å²) in [5, 5.41) is 32.6. The average molecular weight is 335 g/mol. The topological polar surface area (TPSA) is 146 Å².